The Morgan fingerprint density at radius 3 is 2.47 bits per heavy atom. The lowest BCUT2D eigenvalue weighted by Gasteiger charge is -2.46. The van der Waals surface area contributed by atoms with E-state index in [4.69, 9.17) is 9.84 Å². The Hall–Kier alpha value is -0.120. The largest absolute Gasteiger partial charge is 0.394 e. The minimum Gasteiger partial charge on any atom is -0.394 e. The summed E-state index contributed by atoms with van der Waals surface area (Å²) in [6.07, 6.45) is 1.08. The van der Waals surface area contributed by atoms with Crippen LogP contribution in [0.5, 0.6) is 0 Å². The Bertz CT molecular complexity index is 171. The lowest BCUT2D eigenvalue weighted by molar-refractivity contribution is 0.0150. The molecule has 1 N–H and O–H groups in total. The van der Waals surface area contributed by atoms with Gasteiger partial charge in [0.1, 0.15) is 0 Å². The molecule has 0 amide bonds. The number of hydrogen-bond acceptors (Lipinski definition) is 3. The van der Waals surface area contributed by atoms with Gasteiger partial charge >= 0.3 is 0 Å². The molecule has 1 aliphatic heterocycles. The van der Waals surface area contributed by atoms with Crippen LogP contribution >= 0.6 is 0 Å². The van der Waals surface area contributed by atoms with E-state index in [1.165, 1.54) is 13.1 Å². The number of nitrogens with zero attached hydrogens (tertiary/aromatic N) is 1. The molecule has 90 valence electrons. The molecule has 0 spiro atoms. The normalized spacial score (nSPS) is 19.2. The standard InChI is InChI=1S/C12H25NO2/c1-12(2,3)11-9-13(10-11)5-4-7-15-8-6-14/h11,14H,4-10H2,1-3H3. The summed E-state index contributed by atoms with van der Waals surface area (Å²) < 4.78 is 5.22. The predicted octanol–water partition coefficient (Wildman–Crippen LogP) is 1.36. The van der Waals surface area contributed by atoms with Crippen molar-refractivity contribution >= 4 is 0 Å². The molecule has 3 heteroatoms. The van der Waals surface area contributed by atoms with E-state index in [9.17, 15) is 0 Å². The Morgan fingerprint density at radius 2 is 1.93 bits per heavy atom. The summed E-state index contributed by atoms with van der Waals surface area (Å²) in [5.41, 5.74) is 0.462. The first-order valence-electron chi connectivity index (χ1n) is 5.95. The molecule has 1 rings (SSSR count). The van der Waals surface area contributed by atoms with Gasteiger partial charge in [0.2, 0.25) is 0 Å². The molecule has 0 atom stereocenters. The summed E-state index contributed by atoms with van der Waals surface area (Å²) in [5.74, 6) is 0.857. The lowest BCUT2D eigenvalue weighted by atomic mass is 9.76. The monoisotopic (exact) mass is 215 g/mol. The van der Waals surface area contributed by atoms with Gasteiger partial charge in [-0.25, -0.2) is 0 Å². The second-order valence-electron chi connectivity index (χ2n) is 5.51. The van der Waals surface area contributed by atoms with E-state index in [1.807, 2.05) is 0 Å². The summed E-state index contributed by atoms with van der Waals surface area (Å²) in [6.45, 7) is 12.0. The zero-order chi connectivity index (χ0) is 11.3. The van der Waals surface area contributed by atoms with Crippen LogP contribution in [0, 0.1) is 11.3 Å². The van der Waals surface area contributed by atoms with E-state index in [0.717, 1.165) is 25.5 Å². The van der Waals surface area contributed by atoms with Gasteiger partial charge in [-0.3, -0.25) is 0 Å². The highest BCUT2D eigenvalue weighted by Gasteiger charge is 2.34. The first-order valence-corrected chi connectivity index (χ1v) is 5.95. The van der Waals surface area contributed by atoms with Gasteiger partial charge in [0.25, 0.3) is 0 Å². The van der Waals surface area contributed by atoms with E-state index in [1.54, 1.807) is 0 Å². The van der Waals surface area contributed by atoms with Crippen molar-refractivity contribution in [3.05, 3.63) is 0 Å². The molecule has 0 aromatic heterocycles. The summed E-state index contributed by atoms with van der Waals surface area (Å²) in [6, 6.07) is 0. The number of rotatable bonds is 6. The molecule has 0 aliphatic carbocycles. The molecule has 1 aliphatic rings. The van der Waals surface area contributed by atoms with Gasteiger partial charge in [-0.15, -0.1) is 0 Å². The van der Waals surface area contributed by atoms with Crippen molar-refractivity contribution in [2.75, 3.05) is 39.5 Å². The fourth-order valence-electron chi connectivity index (χ4n) is 1.86. The SMILES string of the molecule is CC(C)(C)C1CN(CCCOCCO)C1. The molecule has 0 bridgehead atoms. The lowest BCUT2D eigenvalue weighted by Crippen LogP contribution is -2.52. The molecule has 15 heavy (non-hydrogen) atoms. The van der Waals surface area contributed by atoms with Crippen LogP contribution in [0.25, 0.3) is 0 Å². The first-order chi connectivity index (χ1) is 7.04. The topological polar surface area (TPSA) is 32.7 Å². The third kappa shape index (κ3) is 4.49. The maximum absolute atomic E-state index is 8.52. The average Bonchev–Trinajstić information content (AvgIpc) is 2.05. The highest BCUT2D eigenvalue weighted by Crippen LogP contribution is 2.33. The number of likely N-dealkylation sites (tertiary alicyclic amines) is 1. The molecule has 0 saturated carbocycles. The summed E-state index contributed by atoms with van der Waals surface area (Å²) in [7, 11) is 0. The summed E-state index contributed by atoms with van der Waals surface area (Å²) in [4.78, 5) is 2.48. The van der Waals surface area contributed by atoms with Crippen LogP contribution in [0.3, 0.4) is 0 Å². The third-order valence-corrected chi connectivity index (χ3v) is 3.18. The van der Waals surface area contributed by atoms with Gasteiger partial charge in [-0.2, -0.15) is 0 Å². The number of ether oxygens (including phenoxy) is 1. The van der Waals surface area contributed by atoms with Gasteiger partial charge in [-0.05, 0) is 17.8 Å². The molecule has 1 fully saturated rings. The Balaban J connectivity index is 1.94. The average molecular weight is 215 g/mol. The van der Waals surface area contributed by atoms with Crippen LogP contribution in [0.1, 0.15) is 27.2 Å². The summed E-state index contributed by atoms with van der Waals surface area (Å²) >= 11 is 0. The minimum atomic E-state index is 0.135. The van der Waals surface area contributed by atoms with Gasteiger partial charge in [-0.1, -0.05) is 20.8 Å². The number of aliphatic hydroxyl groups excluding tert-OH is 1. The summed E-state index contributed by atoms with van der Waals surface area (Å²) in [5, 5.41) is 8.52. The highest BCUT2D eigenvalue weighted by molar-refractivity contribution is 4.87. The van der Waals surface area contributed by atoms with Crippen molar-refractivity contribution in [3.8, 4) is 0 Å². The van der Waals surface area contributed by atoms with Crippen LogP contribution in [0.15, 0.2) is 0 Å². The van der Waals surface area contributed by atoms with Crippen LogP contribution in [0.2, 0.25) is 0 Å². The van der Waals surface area contributed by atoms with Gasteiger partial charge in [0.05, 0.1) is 13.2 Å². The first kappa shape index (κ1) is 12.9. The van der Waals surface area contributed by atoms with E-state index in [-0.39, 0.29) is 6.61 Å². The second-order valence-corrected chi connectivity index (χ2v) is 5.51. The van der Waals surface area contributed by atoms with Gasteiger partial charge in [0.15, 0.2) is 0 Å². The van der Waals surface area contributed by atoms with E-state index in [0.29, 0.717) is 12.0 Å². The van der Waals surface area contributed by atoms with Crippen molar-refractivity contribution in [1.29, 1.82) is 0 Å². The predicted molar refractivity (Wildman–Crippen MR) is 61.9 cm³/mol. The van der Waals surface area contributed by atoms with Crippen LogP contribution in [-0.4, -0.2) is 49.5 Å². The number of aliphatic hydroxyl groups is 1. The van der Waals surface area contributed by atoms with Crippen LogP contribution in [-0.2, 0) is 4.74 Å². The zero-order valence-electron chi connectivity index (χ0n) is 10.3. The smallest absolute Gasteiger partial charge is 0.0697 e. The quantitative estimate of drug-likeness (QED) is 0.679. The fourth-order valence-corrected chi connectivity index (χ4v) is 1.86. The van der Waals surface area contributed by atoms with Crippen molar-refractivity contribution in [2.24, 2.45) is 11.3 Å². The van der Waals surface area contributed by atoms with Crippen molar-refractivity contribution < 1.29 is 9.84 Å². The molecule has 3 nitrogen and oxygen atoms in total. The van der Waals surface area contributed by atoms with Crippen molar-refractivity contribution in [2.45, 2.75) is 27.2 Å². The molecule has 1 saturated heterocycles. The highest BCUT2D eigenvalue weighted by atomic mass is 16.5. The molecule has 0 radical (unpaired) electrons. The van der Waals surface area contributed by atoms with E-state index < -0.39 is 0 Å². The maximum Gasteiger partial charge on any atom is 0.0697 e. The van der Waals surface area contributed by atoms with E-state index in [2.05, 4.69) is 25.7 Å². The maximum atomic E-state index is 8.52. The van der Waals surface area contributed by atoms with Gasteiger partial charge < -0.3 is 14.7 Å². The minimum absolute atomic E-state index is 0.135. The Labute approximate surface area is 93.4 Å². The zero-order valence-corrected chi connectivity index (χ0v) is 10.3. The molecular weight excluding hydrogens is 190 g/mol. The Kier molecular flexibility index (Phi) is 5.03. The van der Waals surface area contributed by atoms with Crippen LogP contribution in [0.4, 0.5) is 0 Å². The molecule has 0 unspecified atom stereocenters. The van der Waals surface area contributed by atoms with Crippen molar-refractivity contribution in [3.63, 3.8) is 0 Å². The molecular formula is C12H25NO2. The molecule has 1 heterocycles. The second kappa shape index (κ2) is 5.83. The third-order valence-electron chi connectivity index (χ3n) is 3.18. The molecule has 0 aromatic rings. The van der Waals surface area contributed by atoms with Crippen molar-refractivity contribution in [1.82, 2.24) is 4.90 Å². The van der Waals surface area contributed by atoms with Crippen LogP contribution < -0.4 is 0 Å². The van der Waals surface area contributed by atoms with E-state index >= 15 is 0 Å². The fraction of sp³-hybridized carbons (Fsp3) is 1.00. The Morgan fingerprint density at radius 1 is 1.27 bits per heavy atom. The number of hydrogen-bond donors (Lipinski definition) is 1. The van der Waals surface area contributed by atoms with Gasteiger partial charge in [0, 0.05) is 26.2 Å². The molecule has 0 aromatic carbocycles.